The van der Waals surface area contributed by atoms with Crippen LogP contribution in [-0.4, -0.2) is 60.6 Å². The van der Waals surface area contributed by atoms with Crippen molar-refractivity contribution in [2.45, 2.75) is 76.4 Å². The van der Waals surface area contributed by atoms with Crippen LogP contribution in [0.2, 0.25) is 0 Å². The lowest BCUT2D eigenvalue weighted by Gasteiger charge is -2.41. The van der Waals surface area contributed by atoms with Crippen molar-refractivity contribution in [3.63, 3.8) is 0 Å². The predicted octanol–water partition coefficient (Wildman–Crippen LogP) is 2.47. The van der Waals surface area contributed by atoms with Crippen LogP contribution in [0.3, 0.4) is 0 Å². The van der Waals surface area contributed by atoms with Crippen LogP contribution < -0.4 is 5.32 Å². The molecule has 0 radical (unpaired) electrons. The zero-order chi connectivity index (χ0) is 13.8. The van der Waals surface area contributed by atoms with Crippen LogP contribution >= 0.6 is 0 Å². The molecule has 0 aromatic carbocycles. The van der Waals surface area contributed by atoms with Crippen molar-refractivity contribution < 1.29 is 0 Å². The molecule has 2 aliphatic heterocycles. The molecule has 0 aromatic heterocycles. The van der Waals surface area contributed by atoms with Gasteiger partial charge in [0.15, 0.2) is 0 Å². The van der Waals surface area contributed by atoms with Gasteiger partial charge in [0.2, 0.25) is 0 Å². The highest BCUT2D eigenvalue weighted by molar-refractivity contribution is 4.93. The number of likely N-dealkylation sites (tertiary alicyclic amines) is 1. The SMILES string of the molecule is CCCN1CCC(N(CC2CCCCN2)C2CC2)CC1. The van der Waals surface area contributed by atoms with Crippen molar-refractivity contribution in [1.82, 2.24) is 15.1 Å². The fourth-order valence-electron chi connectivity index (χ4n) is 4.13. The molecule has 3 rings (SSSR count). The van der Waals surface area contributed by atoms with E-state index in [0.29, 0.717) is 0 Å². The molecule has 116 valence electrons. The van der Waals surface area contributed by atoms with E-state index in [1.54, 1.807) is 0 Å². The van der Waals surface area contributed by atoms with Gasteiger partial charge in [-0.2, -0.15) is 0 Å². The number of rotatable bonds is 6. The van der Waals surface area contributed by atoms with Gasteiger partial charge in [-0.1, -0.05) is 13.3 Å². The topological polar surface area (TPSA) is 18.5 Å². The molecule has 3 aliphatic rings. The normalized spacial score (nSPS) is 30.0. The zero-order valence-corrected chi connectivity index (χ0v) is 13.3. The average molecular weight is 279 g/mol. The molecule has 0 amide bonds. The van der Waals surface area contributed by atoms with Gasteiger partial charge in [-0.05, 0) is 71.1 Å². The number of nitrogens with one attached hydrogen (secondary N) is 1. The van der Waals surface area contributed by atoms with Gasteiger partial charge in [0.25, 0.3) is 0 Å². The Hall–Kier alpha value is -0.120. The molecule has 1 unspecified atom stereocenters. The molecular formula is C17H33N3. The Balaban J connectivity index is 1.49. The van der Waals surface area contributed by atoms with Gasteiger partial charge in [0, 0.05) is 24.7 Å². The minimum atomic E-state index is 0.776. The standard InChI is InChI=1S/C17H33N3/c1-2-11-19-12-8-17(9-13-19)20(16-6-7-16)14-15-5-3-4-10-18-15/h15-18H,2-14H2,1H3. The Kier molecular flexibility index (Phi) is 5.36. The molecule has 3 fully saturated rings. The van der Waals surface area contributed by atoms with Gasteiger partial charge in [-0.15, -0.1) is 0 Å². The molecule has 2 heterocycles. The molecule has 0 bridgehead atoms. The highest BCUT2D eigenvalue weighted by Gasteiger charge is 2.36. The molecule has 20 heavy (non-hydrogen) atoms. The number of nitrogens with zero attached hydrogens (tertiary/aromatic N) is 2. The Morgan fingerprint density at radius 3 is 2.35 bits per heavy atom. The molecule has 0 aromatic rings. The van der Waals surface area contributed by atoms with Crippen molar-refractivity contribution in [2.75, 3.05) is 32.7 Å². The predicted molar refractivity (Wildman–Crippen MR) is 85.1 cm³/mol. The maximum atomic E-state index is 3.75. The van der Waals surface area contributed by atoms with E-state index in [0.717, 1.165) is 18.1 Å². The number of hydrogen-bond acceptors (Lipinski definition) is 3. The average Bonchev–Trinajstić information content (AvgIpc) is 3.32. The minimum Gasteiger partial charge on any atom is -0.313 e. The van der Waals surface area contributed by atoms with Crippen LogP contribution in [0.25, 0.3) is 0 Å². The molecule has 0 spiro atoms. The lowest BCUT2D eigenvalue weighted by molar-refractivity contribution is 0.0897. The summed E-state index contributed by atoms with van der Waals surface area (Å²) in [6.07, 6.45) is 11.3. The van der Waals surface area contributed by atoms with Crippen molar-refractivity contribution in [3.05, 3.63) is 0 Å². The van der Waals surface area contributed by atoms with Crippen LogP contribution in [-0.2, 0) is 0 Å². The van der Waals surface area contributed by atoms with E-state index in [1.807, 2.05) is 0 Å². The second kappa shape index (κ2) is 7.24. The van der Waals surface area contributed by atoms with Crippen molar-refractivity contribution in [3.8, 4) is 0 Å². The maximum Gasteiger partial charge on any atom is 0.0195 e. The summed E-state index contributed by atoms with van der Waals surface area (Å²) in [5.41, 5.74) is 0. The summed E-state index contributed by atoms with van der Waals surface area (Å²) in [4.78, 5) is 5.56. The molecule has 3 heteroatoms. The second-order valence-electron chi connectivity index (χ2n) is 7.15. The smallest absolute Gasteiger partial charge is 0.0195 e. The van der Waals surface area contributed by atoms with Crippen molar-refractivity contribution >= 4 is 0 Å². The summed E-state index contributed by atoms with van der Waals surface area (Å²) in [5, 5.41) is 3.75. The fraction of sp³-hybridized carbons (Fsp3) is 1.00. The van der Waals surface area contributed by atoms with Gasteiger partial charge in [-0.3, -0.25) is 4.90 Å². The quantitative estimate of drug-likeness (QED) is 0.806. The largest absolute Gasteiger partial charge is 0.313 e. The Morgan fingerprint density at radius 2 is 1.75 bits per heavy atom. The van der Waals surface area contributed by atoms with E-state index < -0.39 is 0 Å². The third-order valence-corrected chi connectivity index (χ3v) is 5.43. The molecule has 2 saturated heterocycles. The van der Waals surface area contributed by atoms with Crippen LogP contribution in [0.1, 0.15) is 58.3 Å². The number of hydrogen-bond donors (Lipinski definition) is 1. The van der Waals surface area contributed by atoms with Crippen molar-refractivity contribution in [1.29, 1.82) is 0 Å². The summed E-state index contributed by atoms with van der Waals surface area (Å²) < 4.78 is 0. The summed E-state index contributed by atoms with van der Waals surface area (Å²) >= 11 is 0. The van der Waals surface area contributed by atoms with Gasteiger partial charge in [-0.25, -0.2) is 0 Å². The van der Waals surface area contributed by atoms with Gasteiger partial charge >= 0.3 is 0 Å². The van der Waals surface area contributed by atoms with E-state index in [1.165, 1.54) is 84.1 Å². The number of piperidine rings is 2. The van der Waals surface area contributed by atoms with Crippen LogP contribution in [0.4, 0.5) is 0 Å². The van der Waals surface area contributed by atoms with E-state index in [-0.39, 0.29) is 0 Å². The molecular weight excluding hydrogens is 246 g/mol. The summed E-state index contributed by atoms with van der Waals surface area (Å²) in [6.45, 7) is 8.85. The minimum absolute atomic E-state index is 0.776. The van der Waals surface area contributed by atoms with Gasteiger partial charge in [0.05, 0.1) is 0 Å². The molecule has 3 nitrogen and oxygen atoms in total. The van der Waals surface area contributed by atoms with Gasteiger partial charge in [0.1, 0.15) is 0 Å². The highest BCUT2D eigenvalue weighted by Crippen LogP contribution is 2.32. The third kappa shape index (κ3) is 3.96. The lowest BCUT2D eigenvalue weighted by atomic mass is 9.99. The van der Waals surface area contributed by atoms with Gasteiger partial charge < -0.3 is 10.2 Å². The Labute approximate surface area is 125 Å². The second-order valence-corrected chi connectivity index (χ2v) is 7.15. The van der Waals surface area contributed by atoms with E-state index in [9.17, 15) is 0 Å². The summed E-state index contributed by atoms with van der Waals surface area (Å²) in [7, 11) is 0. The van der Waals surface area contributed by atoms with Crippen LogP contribution in [0.5, 0.6) is 0 Å². The molecule has 1 aliphatic carbocycles. The Morgan fingerprint density at radius 1 is 1.00 bits per heavy atom. The van der Waals surface area contributed by atoms with Crippen LogP contribution in [0, 0.1) is 0 Å². The fourth-order valence-corrected chi connectivity index (χ4v) is 4.13. The monoisotopic (exact) mass is 279 g/mol. The summed E-state index contributed by atoms with van der Waals surface area (Å²) in [6, 6.07) is 2.58. The first-order valence-electron chi connectivity index (χ1n) is 9.08. The first kappa shape index (κ1) is 14.8. The first-order valence-corrected chi connectivity index (χ1v) is 9.08. The molecule has 1 N–H and O–H groups in total. The molecule has 1 atom stereocenters. The van der Waals surface area contributed by atoms with Crippen LogP contribution in [0.15, 0.2) is 0 Å². The van der Waals surface area contributed by atoms with Crippen molar-refractivity contribution in [2.24, 2.45) is 0 Å². The van der Waals surface area contributed by atoms with E-state index >= 15 is 0 Å². The molecule has 1 saturated carbocycles. The maximum absolute atomic E-state index is 3.75. The lowest BCUT2D eigenvalue weighted by Crippen LogP contribution is -2.51. The first-order chi connectivity index (χ1) is 9.86. The Bertz CT molecular complexity index is 276. The van der Waals surface area contributed by atoms with E-state index in [4.69, 9.17) is 0 Å². The third-order valence-electron chi connectivity index (χ3n) is 5.43. The zero-order valence-electron chi connectivity index (χ0n) is 13.3. The summed E-state index contributed by atoms with van der Waals surface area (Å²) in [5.74, 6) is 0. The highest BCUT2D eigenvalue weighted by atomic mass is 15.3. The van der Waals surface area contributed by atoms with E-state index in [2.05, 4.69) is 22.0 Å².